The first kappa shape index (κ1) is 22.7. The third-order valence-electron chi connectivity index (χ3n) is 5.58. The number of benzene rings is 2. The van der Waals surface area contributed by atoms with Gasteiger partial charge in [-0.25, -0.2) is 4.98 Å². The van der Waals surface area contributed by atoms with Crippen molar-refractivity contribution in [1.82, 2.24) is 4.98 Å². The maximum absolute atomic E-state index is 10.5. The second-order valence-electron chi connectivity index (χ2n) is 9.78. The van der Waals surface area contributed by atoms with Crippen molar-refractivity contribution in [3.05, 3.63) is 77.0 Å². The summed E-state index contributed by atoms with van der Waals surface area (Å²) in [6.07, 6.45) is 1.83. The van der Waals surface area contributed by atoms with Crippen LogP contribution in [0.15, 0.2) is 59.6 Å². The lowest BCUT2D eigenvalue weighted by Crippen LogP contribution is -2.10. The van der Waals surface area contributed by atoms with Crippen molar-refractivity contribution in [2.75, 3.05) is 0 Å². The predicted molar refractivity (Wildman–Crippen MR) is 132 cm³/mol. The molecule has 0 spiro atoms. The van der Waals surface area contributed by atoms with Gasteiger partial charge in [-0.05, 0) is 58.2 Å². The summed E-state index contributed by atoms with van der Waals surface area (Å²) >= 11 is 0. The van der Waals surface area contributed by atoms with Crippen LogP contribution in [-0.2, 0) is 5.41 Å². The number of para-hydroxylation sites is 1. The largest absolute Gasteiger partial charge is 0.507 e. The van der Waals surface area contributed by atoms with Crippen LogP contribution in [0, 0.1) is 0 Å². The minimum Gasteiger partial charge on any atom is -0.507 e. The van der Waals surface area contributed by atoms with Crippen LogP contribution in [0.2, 0.25) is 0 Å². The van der Waals surface area contributed by atoms with Gasteiger partial charge in [0.25, 0.3) is 0 Å². The summed E-state index contributed by atoms with van der Waals surface area (Å²) in [6, 6.07) is 18.0. The molecule has 0 amide bonds. The molecule has 0 fully saturated rings. The van der Waals surface area contributed by atoms with Crippen molar-refractivity contribution in [3.8, 4) is 17.0 Å². The molecule has 0 bridgehead atoms. The molecule has 0 aliphatic carbocycles. The van der Waals surface area contributed by atoms with Gasteiger partial charge in [0.05, 0.1) is 23.3 Å². The van der Waals surface area contributed by atoms with E-state index in [1.165, 1.54) is 11.1 Å². The van der Waals surface area contributed by atoms with Crippen molar-refractivity contribution in [2.45, 2.75) is 65.7 Å². The molecule has 1 N–H and O–H groups in total. The Balaban J connectivity index is 2.03. The van der Waals surface area contributed by atoms with Crippen LogP contribution in [0.25, 0.3) is 11.3 Å². The average molecular weight is 415 g/mol. The number of pyridine rings is 1. The highest BCUT2D eigenvalue weighted by molar-refractivity contribution is 5.82. The van der Waals surface area contributed by atoms with E-state index >= 15 is 0 Å². The molecule has 2 aromatic carbocycles. The molecule has 0 radical (unpaired) electrons. The lowest BCUT2D eigenvalue weighted by molar-refractivity contribution is 0.476. The van der Waals surface area contributed by atoms with Crippen LogP contribution < -0.4 is 0 Å². The summed E-state index contributed by atoms with van der Waals surface area (Å²) in [4.78, 5) is 9.66. The van der Waals surface area contributed by atoms with Crippen LogP contribution >= 0.6 is 0 Å². The fraction of sp³-hybridized carbons (Fsp3) is 0.357. The molecule has 0 unspecified atom stereocenters. The highest BCUT2D eigenvalue weighted by Gasteiger charge is 2.17. The zero-order valence-corrected chi connectivity index (χ0v) is 19.8. The Labute approximate surface area is 186 Å². The average Bonchev–Trinajstić information content (AvgIpc) is 2.71. The van der Waals surface area contributed by atoms with Crippen LogP contribution in [0.4, 0.5) is 5.69 Å². The summed E-state index contributed by atoms with van der Waals surface area (Å²) in [7, 11) is 0. The molecule has 3 aromatic rings. The summed E-state index contributed by atoms with van der Waals surface area (Å²) < 4.78 is 0. The van der Waals surface area contributed by atoms with Gasteiger partial charge in [-0.1, -0.05) is 78.8 Å². The molecular formula is C28H34N2O. The van der Waals surface area contributed by atoms with E-state index in [1.807, 2.05) is 36.5 Å². The number of phenols is 1. The number of hydrogen-bond acceptors (Lipinski definition) is 3. The van der Waals surface area contributed by atoms with E-state index in [2.05, 4.69) is 66.7 Å². The van der Waals surface area contributed by atoms with Crippen molar-refractivity contribution in [2.24, 2.45) is 4.99 Å². The van der Waals surface area contributed by atoms with Gasteiger partial charge < -0.3 is 5.11 Å². The Morgan fingerprint density at radius 1 is 0.871 bits per heavy atom. The molecular weight excluding hydrogens is 380 g/mol. The third-order valence-corrected chi connectivity index (χ3v) is 5.58. The molecule has 0 aliphatic heterocycles. The number of aromatic nitrogens is 1. The molecule has 0 saturated heterocycles. The van der Waals surface area contributed by atoms with Gasteiger partial charge in [-0.3, -0.25) is 4.99 Å². The monoisotopic (exact) mass is 414 g/mol. The van der Waals surface area contributed by atoms with E-state index in [0.717, 1.165) is 28.2 Å². The molecule has 1 heterocycles. The van der Waals surface area contributed by atoms with Crippen LogP contribution in [-0.4, -0.2) is 16.3 Å². The molecule has 3 rings (SSSR count). The van der Waals surface area contributed by atoms with Gasteiger partial charge >= 0.3 is 0 Å². The Kier molecular flexibility index (Phi) is 6.64. The van der Waals surface area contributed by atoms with Crippen LogP contribution in [0.5, 0.6) is 5.75 Å². The minimum absolute atomic E-state index is 0.00464. The number of aromatic hydroxyl groups is 1. The van der Waals surface area contributed by atoms with E-state index in [9.17, 15) is 5.11 Å². The Bertz CT molecular complexity index is 1060. The first-order chi connectivity index (χ1) is 14.6. The molecule has 31 heavy (non-hydrogen) atoms. The lowest BCUT2D eigenvalue weighted by Gasteiger charge is -2.20. The maximum Gasteiger partial charge on any atom is 0.124 e. The Morgan fingerprint density at radius 3 is 2.06 bits per heavy atom. The molecule has 1 aromatic heterocycles. The standard InChI is InChI=1S/C28H34N2O/c1-18(2)22-11-9-12-23(19(3)4)27(22)29-17-21-10-8-13-25(30-21)24-16-20(28(5,6)7)14-15-26(24)31/h8-19,31H,1-7H3. The second kappa shape index (κ2) is 9.05. The van der Waals surface area contributed by atoms with Gasteiger partial charge in [0.1, 0.15) is 5.75 Å². The van der Waals surface area contributed by atoms with E-state index in [0.29, 0.717) is 11.8 Å². The zero-order valence-electron chi connectivity index (χ0n) is 19.8. The first-order valence-corrected chi connectivity index (χ1v) is 11.1. The van der Waals surface area contributed by atoms with Crippen molar-refractivity contribution in [3.63, 3.8) is 0 Å². The number of nitrogens with zero attached hydrogens (tertiary/aromatic N) is 2. The van der Waals surface area contributed by atoms with E-state index in [1.54, 1.807) is 6.07 Å². The summed E-state index contributed by atoms with van der Waals surface area (Å²) in [5.74, 6) is 1.02. The number of aliphatic imine (C=N–C) groups is 1. The number of hydrogen-bond donors (Lipinski definition) is 1. The smallest absolute Gasteiger partial charge is 0.124 e. The van der Waals surface area contributed by atoms with Gasteiger partial charge in [-0.2, -0.15) is 0 Å². The Hall–Kier alpha value is -2.94. The van der Waals surface area contributed by atoms with Crippen molar-refractivity contribution < 1.29 is 5.11 Å². The molecule has 0 atom stereocenters. The van der Waals surface area contributed by atoms with E-state index in [-0.39, 0.29) is 11.2 Å². The second-order valence-corrected chi connectivity index (χ2v) is 9.78. The van der Waals surface area contributed by atoms with E-state index in [4.69, 9.17) is 9.98 Å². The predicted octanol–water partition coefficient (Wildman–Crippen LogP) is 7.75. The third kappa shape index (κ3) is 5.22. The minimum atomic E-state index is -0.00464. The van der Waals surface area contributed by atoms with Crippen molar-refractivity contribution >= 4 is 11.9 Å². The first-order valence-electron chi connectivity index (χ1n) is 11.1. The van der Waals surface area contributed by atoms with Gasteiger partial charge in [0.2, 0.25) is 0 Å². The van der Waals surface area contributed by atoms with Crippen LogP contribution in [0.3, 0.4) is 0 Å². The quantitative estimate of drug-likeness (QED) is 0.434. The zero-order chi connectivity index (χ0) is 22.8. The molecule has 162 valence electrons. The molecule has 0 saturated carbocycles. The molecule has 3 nitrogen and oxygen atoms in total. The van der Waals surface area contributed by atoms with E-state index < -0.39 is 0 Å². The highest BCUT2D eigenvalue weighted by Crippen LogP contribution is 2.35. The number of phenolic OH excluding ortho intramolecular Hbond substituents is 1. The molecule has 0 aliphatic rings. The van der Waals surface area contributed by atoms with Crippen LogP contribution in [0.1, 0.15) is 82.7 Å². The Morgan fingerprint density at radius 2 is 1.48 bits per heavy atom. The summed E-state index contributed by atoms with van der Waals surface area (Å²) in [5.41, 5.74) is 6.94. The topological polar surface area (TPSA) is 45.5 Å². The lowest BCUT2D eigenvalue weighted by atomic mass is 9.85. The number of rotatable bonds is 5. The molecule has 3 heteroatoms. The van der Waals surface area contributed by atoms with Crippen molar-refractivity contribution in [1.29, 1.82) is 0 Å². The summed E-state index contributed by atoms with van der Waals surface area (Å²) in [6.45, 7) is 15.3. The summed E-state index contributed by atoms with van der Waals surface area (Å²) in [5, 5.41) is 10.5. The fourth-order valence-corrected chi connectivity index (χ4v) is 3.67. The maximum atomic E-state index is 10.5. The van der Waals surface area contributed by atoms with Gasteiger partial charge in [0.15, 0.2) is 0 Å². The van der Waals surface area contributed by atoms with Gasteiger partial charge in [0, 0.05) is 5.56 Å². The normalized spacial score (nSPS) is 12.3. The highest BCUT2D eigenvalue weighted by atomic mass is 16.3. The SMILES string of the molecule is CC(C)c1cccc(C(C)C)c1N=Cc1cccc(-c2cc(C(C)(C)C)ccc2O)n1. The van der Waals surface area contributed by atoms with Gasteiger partial charge in [-0.15, -0.1) is 0 Å². The fourth-order valence-electron chi connectivity index (χ4n) is 3.67.